The number of imide groups is 1. The van der Waals surface area contributed by atoms with Gasteiger partial charge in [0, 0.05) is 18.5 Å². The molecule has 2 aliphatic rings. The highest BCUT2D eigenvalue weighted by molar-refractivity contribution is 6.08. The fraction of sp³-hybridized carbons (Fsp3) is 0.474. The van der Waals surface area contributed by atoms with Crippen molar-refractivity contribution in [2.45, 2.75) is 25.7 Å². The Morgan fingerprint density at radius 3 is 2.15 bits per heavy atom. The van der Waals surface area contributed by atoms with Crippen molar-refractivity contribution in [3.05, 3.63) is 24.3 Å². The van der Waals surface area contributed by atoms with Crippen molar-refractivity contribution in [3.8, 4) is 0 Å². The molecule has 0 bridgehead atoms. The molecule has 8 heteroatoms. The highest BCUT2D eigenvalue weighted by Crippen LogP contribution is 2.37. The summed E-state index contributed by atoms with van der Waals surface area (Å²) in [5.74, 6) is -1.76. The number of hydrogen-bond donors (Lipinski definition) is 2. The van der Waals surface area contributed by atoms with Gasteiger partial charge in [0.2, 0.25) is 23.6 Å². The lowest BCUT2D eigenvalue weighted by Gasteiger charge is -2.19. The van der Waals surface area contributed by atoms with E-state index in [1.54, 1.807) is 24.3 Å². The maximum Gasteiger partial charge on any atom is 0.250 e. The van der Waals surface area contributed by atoms with Gasteiger partial charge < -0.3 is 15.4 Å². The molecular weight excluding hydrogens is 350 g/mol. The van der Waals surface area contributed by atoms with Crippen molar-refractivity contribution in [3.63, 3.8) is 0 Å². The van der Waals surface area contributed by atoms with Crippen LogP contribution in [0.2, 0.25) is 0 Å². The number of carbonyl (C=O) groups is 4. The van der Waals surface area contributed by atoms with Crippen LogP contribution in [0.5, 0.6) is 0 Å². The summed E-state index contributed by atoms with van der Waals surface area (Å²) in [4.78, 5) is 49.9. The molecule has 144 valence electrons. The first-order valence-electron chi connectivity index (χ1n) is 9.03. The SMILES string of the molecule is COCC(=O)Nc1cccc(NC(=O)CN2C(=O)C3CCCCC3C2=O)c1. The molecule has 4 amide bonds. The second-order valence-electron chi connectivity index (χ2n) is 6.87. The zero-order valence-electron chi connectivity index (χ0n) is 15.2. The lowest BCUT2D eigenvalue weighted by atomic mass is 9.81. The number of carbonyl (C=O) groups excluding carboxylic acids is 4. The van der Waals surface area contributed by atoms with E-state index < -0.39 is 5.91 Å². The maximum absolute atomic E-state index is 12.4. The van der Waals surface area contributed by atoms with E-state index in [1.807, 2.05) is 0 Å². The Labute approximate surface area is 157 Å². The molecule has 1 saturated heterocycles. The summed E-state index contributed by atoms with van der Waals surface area (Å²) in [5.41, 5.74) is 0.973. The van der Waals surface area contributed by atoms with Crippen LogP contribution >= 0.6 is 0 Å². The molecule has 0 spiro atoms. The van der Waals surface area contributed by atoms with Gasteiger partial charge in [0.25, 0.3) is 0 Å². The minimum absolute atomic E-state index is 0.0713. The highest BCUT2D eigenvalue weighted by atomic mass is 16.5. The predicted molar refractivity (Wildman–Crippen MR) is 97.7 cm³/mol. The van der Waals surface area contributed by atoms with Gasteiger partial charge in [0.1, 0.15) is 13.2 Å². The summed E-state index contributed by atoms with van der Waals surface area (Å²) >= 11 is 0. The monoisotopic (exact) mass is 373 g/mol. The van der Waals surface area contributed by atoms with Gasteiger partial charge in [-0.3, -0.25) is 24.1 Å². The third kappa shape index (κ3) is 4.33. The van der Waals surface area contributed by atoms with E-state index in [-0.39, 0.29) is 42.7 Å². The fourth-order valence-electron chi connectivity index (χ4n) is 3.73. The summed E-state index contributed by atoms with van der Waals surface area (Å²) in [5, 5.41) is 5.31. The van der Waals surface area contributed by atoms with Gasteiger partial charge in [0.05, 0.1) is 11.8 Å². The average molecular weight is 373 g/mol. The molecule has 8 nitrogen and oxygen atoms in total. The second-order valence-corrected chi connectivity index (χ2v) is 6.87. The number of nitrogens with one attached hydrogen (secondary N) is 2. The lowest BCUT2D eigenvalue weighted by molar-refractivity contribution is -0.142. The van der Waals surface area contributed by atoms with Gasteiger partial charge in [-0.2, -0.15) is 0 Å². The maximum atomic E-state index is 12.4. The van der Waals surface area contributed by atoms with Crippen molar-refractivity contribution in [2.24, 2.45) is 11.8 Å². The molecule has 27 heavy (non-hydrogen) atoms. The molecule has 0 aromatic heterocycles. The number of nitrogens with zero attached hydrogens (tertiary/aromatic N) is 1. The van der Waals surface area contributed by atoms with Gasteiger partial charge in [-0.15, -0.1) is 0 Å². The van der Waals surface area contributed by atoms with Crippen molar-refractivity contribution in [2.75, 3.05) is 30.9 Å². The molecule has 2 atom stereocenters. The molecule has 2 N–H and O–H groups in total. The fourth-order valence-corrected chi connectivity index (χ4v) is 3.73. The smallest absolute Gasteiger partial charge is 0.250 e. The van der Waals surface area contributed by atoms with E-state index in [1.165, 1.54) is 7.11 Å². The summed E-state index contributed by atoms with van der Waals surface area (Å²) in [6.45, 7) is -0.358. The number of likely N-dealkylation sites (tertiary alicyclic amines) is 1. The van der Waals surface area contributed by atoms with E-state index in [0.717, 1.165) is 30.6 Å². The van der Waals surface area contributed by atoms with Crippen LogP contribution in [0.4, 0.5) is 11.4 Å². The number of anilines is 2. The minimum atomic E-state index is -0.448. The largest absolute Gasteiger partial charge is 0.375 e. The zero-order valence-corrected chi connectivity index (χ0v) is 15.2. The van der Waals surface area contributed by atoms with Crippen LogP contribution in [0.25, 0.3) is 0 Å². The molecule has 1 heterocycles. The Balaban J connectivity index is 1.60. The first-order chi connectivity index (χ1) is 13.0. The Morgan fingerprint density at radius 1 is 1.04 bits per heavy atom. The van der Waals surface area contributed by atoms with Crippen LogP contribution in [-0.2, 0) is 23.9 Å². The quantitative estimate of drug-likeness (QED) is 0.733. The summed E-state index contributed by atoms with van der Waals surface area (Å²) < 4.78 is 4.75. The first kappa shape index (κ1) is 19.0. The van der Waals surface area contributed by atoms with Gasteiger partial charge in [0.15, 0.2) is 0 Å². The predicted octanol–water partition coefficient (Wildman–Crippen LogP) is 1.39. The van der Waals surface area contributed by atoms with Gasteiger partial charge in [-0.1, -0.05) is 18.9 Å². The van der Waals surface area contributed by atoms with Crippen LogP contribution in [0.3, 0.4) is 0 Å². The van der Waals surface area contributed by atoms with E-state index >= 15 is 0 Å². The van der Waals surface area contributed by atoms with Crippen LogP contribution in [-0.4, -0.2) is 48.8 Å². The van der Waals surface area contributed by atoms with Crippen molar-refractivity contribution >= 4 is 35.0 Å². The summed E-state index contributed by atoms with van der Waals surface area (Å²) in [6, 6.07) is 6.62. The Kier molecular flexibility index (Phi) is 5.85. The highest BCUT2D eigenvalue weighted by Gasteiger charge is 2.48. The van der Waals surface area contributed by atoms with Crippen molar-refractivity contribution in [1.82, 2.24) is 4.90 Å². The number of hydrogen-bond acceptors (Lipinski definition) is 5. The third-order valence-corrected chi connectivity index (χ3v) is 4.94. The van der Waals surface area contributed by atoms with Crippen LogP contribution < -0.4 is 10.6 Å². The molecule has 3 rings (SSSR count). The normalized spacial score (nSPS) is 21.7. The first-order valence-corrected chi connectivity index (χ1v) is 9.03. The number of methoxy groups -OCH3 is 1. The number of benzene rings is 1. The lowest BCUT2D eigenvalue weighted by Crippen LogP contribution is -2.38. The molecule has 1 aromatic carbocycles. The van der Waals surface area contributed by atoms with Gasteiger partial charge in [-0.25, -0.2) is 0 Å². The minimum Gasteiger partial charge on any atom is -0.375 e. The molecule has 2 unspecified atom stereocenters. The Bertz CT molecular complexity index is 739. The Hall–Kier alpha value is -2.74. The summed E-state index contributed by atoms with van der Waals surface area (Å²) in [7, 11) is 1.42. The van der Waals surface area contributed by atoms with Crippen LogP contribution in [0, 0.1) is 11.8 Å². The topological polar surface area (TPSA) is 105 Å². The molecule has 1 aliphatic heterocycles. The van der Waals surface area contributed by atoms with Gasteiger partial charge >= 0.3 is 0 Å². The molecule has 0 radical (unpaired) electrons. The zero-order chi connectivity index (χ0) is 19.4. The van der Waals surface area contributed by atoms with Crippen LogP contribution in [0.15, 0.2) is 24.3 Å². The van der Waals surface area contributed by atoms with Gasteiger partial charge in [-0.05, 0) is 31.0 Å². The standard InChI is InChI=1S/C19H23N3O5/c1-27-11-17(24)21-13-6-4-5-12(9-13)20-16(23)10-22-18(25)14-7-2-3-8-15(14)19(22)26/h4-6,9,14-15H,2-3,7-8,10-11H2,1H3,(H,20,23)(H,21,24). The van der Waals surface area contributed by atoms with E-state index in [2.05, 4.69) is 10.6 Å². The average Bonchev–Trinajstić information content (AvgIpc) is 2.87. The number of ether oxygens (including phenoxy) is 1. The molecule has 1 aliphatic carbocycles. The van der Waals surface area contributed by atoms with E-state index in [4.69, 9.17) is 4.74 Å². The molecule has 2 fully saturated rings. The molecular formula is C19H23N3O5. The van der Waals surface area contributed by atoms with Crippen LogP contribution in [0.1, 0.15) is 25.7 Å². The Morgan fingerprint density at radius 2 is 1.59 bits per heavy atom. The van der Waals surface area contributed by atoms with Crippen molar-refractivity contribution < 1.29 is 23.9 Å². The number of amides is 4. The molecule has 1 saturated carbocycles. The number of rotatable bonds is 6. The van der Waals surface area contributed by atoms with E-state index in [0.29, 0.717) is 11.4 Å². The number of fused-ring (bicyclic) bond motifs is 1. The molecule has 1 aromatic rings. The third-order valence-electron chi connectivity index (χ3n) is 4.94. The van der Waals surface area contributed by atoms with E-state index in [9.17, 15) is 19.2 Å². The second kappa shape index (κ2) is 8.30. The van der Waals surface area contributed by atoms with Crippen molar-refractivity contribution in [1.29, 1.82) is 0 Å². The summed E-state index contributed by atoms with van der Waals surface area (Å²) in [6.07, 6.45) is 3.33.